The first kappa shape index (κ1) is 27.0. The Morgan fingerprint density at radius 2 is 0.808 bits per heavy atom. The van der Waals surface area contributed by atoms with Crippen molar-refractivity contribution in [1.82, 2.24) is 0 Å². The molecule has 0 heterocycles. The summed E-state index contributed by atoms with van der Waals surface area (Å²) in [6.07, 6.45) is 2.64. The molecule has 26 heavy (non-hydrogen) atoms. The fourth-order valence-electron chi connectivity index (χ4n) is 1.26. The smallest absolute Gasteiger partial charge is 0.322 e. The molecule has 0 aliphatic heterocycles. The molecule has 2 rings (SSSR count). The van der Waals surface area contributed by atoms with Gasteiger partial charge in [-0.05, 0) is 11.1 Å². The summed E-state index contributed by atoms with van der Waals surface area (Å²) in [7, 11) is -7.28. The summed E-state index contributed by atoms with van der Waals surface area (Å²) >= 11 is 0. The fourth-order valence-corrected chi connectivity index (χ4v) is 1.26. The van der Waals surface area contributed by atoms with Gasteiger partial charge >= 0.3 is 15.2 Å². The third-order valence-corrected chi connectivity index (χ3v) is 2.38. The van der Waals surface area contributed by atoms with Crippen molar-refractivity contribution in [2.45, 2.75) is 26.7 Å². The highest BCUT2D eigenvalue weighted by Crippen LogP contribution is 2.27. The second-order valence-corrected chi connectivity index (χ2v) is 8.74. The molecular formula is C18H30O6P2. The Bertz CT molecular complexity index is 574. The Morgan fingerprint density at radius 3 is 0.962 bits per heavy atom. The van der Waals surface area contributed by atoms with Gasteiger partial charge in [0, 0.05) is 13.3 Å². The molecule has 0 aromatic heterocycles. The average molecular weight is 404 g/mol. The van der Waals surface area contributed by atoms with E-state index >= 15 is 0 Å². The molecule has 0 saturated carbocycles. The van der Waals surface area contributed by atoms with Crippen LogP contribution >= 0.6 is 15.2 Å². The lowest BCUT2D eigenvalue weighted by Gasteiger charge is -1.98. The summed E-state index contributed by atoms with van der Waals surface area (Å²) in [5, 5.41) is 0. The standard InChI is InChI=1S/C12H10.C4H10.2CH5O3P/c1-3-7-11(8-4-1)12-9-5-2-6-10-12;1-3-4-2;2*1-5(2,3)4/h1-10H;3-4H2,1-2H3;2*1H3,(H2,2,3,4). The van der Waals surface area contributed by atoms with Crippen molar-refractivity contribution in [2.75, 3.05) is 13.3 Å². The molecule has 8 heteroatoms. The van der Waals surface area contributed by atoms with Gasteiger partial charge in [-0.25, -0.2) is 0 Å². The highest BCUT2D eigenvalue weighted by Gasteiger charge is 1.96. The van der Waals surface area contributed by atoms with Crippen molar-refractivity contribution in [3.8, 4) is 11.1 Å². The van der Waals surface area contributed by atoms with Gasteiger partial charge in [0.2, 0.25) is 0 Å². The summed E-state index contributed by atoms with van der Waals surface area (Å²) in [5.74, 6) is 0. The van der Waals surface area contributed by atoms with Crippen LogP contribution in [0.25, 0.3) is 11.1 Å². The van der Waals surface area contributed by atoms with E-state index < -0.39 is 15.2 Å². The zero-order chi connectivity index (χ0) is 20.6. The number of rotatable bonds is 2. The van der Waals surface area contributed by atoms with E-state index in [0.29, 0.717) is 0 Å². The van der Waals surface area contributed by atoms with Gasteiger partial charge in [0.1, 0.15) is 0 Å². The van der Waals surface area contributed by atoms with E-state index in [-0.39, 0.29) is 0 Å². The Labute approximate surface area is 156 Å². The zero-order valence-electron chi connectivity index (χ0n) is 15.7. The van der Waals surface area contributed by atoms with E-state index in [1.807, 2.05) is 12.1 Å². The minimum absolute atomic E-state index is 0.854. The summed E-state index contributed by atoms with van der Waals surface area (Å²) < 4.78 is 18.7. The third kappa shape index (κ3) is 27.6. The van der Waals surface area contributed by atoms with Crippen molar-refractivity contribution < 1.29 is 28.7 Å². The Kier molecular flexibility index (Phi) is 15.4. The van der Waals surface area contributed by atoms with Crippen LogP contribution in [-0.4, -0.2) is 32.9 Å². The van der Waals surface area contributed by atoms with Gasteiger partial charge in [0.05, 0.1) is 0 Å². The molecule has 0 saturated heterocycles. The lowest BCUT2D eigenvalue weighted by Crippen LogP contribution is -1.73. The Morgan fingerprint density at radius 1 is 0.615 bits per heavy atom. The van der Waals surface area contributed by atoms with Crippen molar-refractivity contribution in [1.29, 1.82) is 0 Å². The van der Waals surface area contributed by atoms with Crippen molar-refractivity contribution >= 4 is 15.2 Å². The van der Waals surface area contributed by atoms with Crippen molar-refractivity contribution in [3.63, 3.8) is 0 Å². The van der Waals surface area contributed by atoms with E-state index in [1.165, 1.54) is 24.0 Å². The van der Waals surface area contributed by atoms with Crippen LogP contribution in [0.15, 0.2) is 60.7 Å². The monoisotopic (exact) mass is 404 g/mol. The average Bonchev–Trinajstić information content (AvgIpc) is 2.54. The second-order valence-electron chi connectivity index (χ2n) is 5.40. The minimum atomic E-state index is -3.64. The van der Waals surface area contributed by atoms with E-state index in [4.69, 9.17) is 19.6 Å². The Hall–Kier alpha value is -1.26. The van der Waals surface area contributed by atoms with Gasteiger partial charge in [-0.2, -0.15) is 0 Å². The third-order valence-electron chi connectivity index (χ3n) is 2.38. The molecular weight excluding hydrogens is 374 g/mol. The first-order valence-electron chi connectivity index (χ1n) is 8.05. The summed E-state index contributed by atoms with van der Waals surface area (Å²) in [6.45, 7) is 6.07. The lowest BCUT2D eigenvalue weighted by molar-refractivity contribution is 0.379. The number of unbranched alkanes of at least 4 members (excludes halogenated alkanes) is 1. The van der Waals surface area contributed by atoms with E-state index in [0.717, 1.165) is 13.3 Å². The molecule has 148 valence electrons. The predicted octanol–water partition coefficient (Wildman–Crippen LogP) is 4.75. The normalized spacial score (nSPS) is 10.2. The maximum Gasteiger partial charge on any atom is 0.322 e. The van der Waals surface area contributed by atoms with Crippen LogP contribution in [0.1, 0.15) is 26.7 Å². The number of benzene rings is 2. The van der Waals surface area contributed by atoms with E-state index in [2.05, 4.69) is 62.4 Å². The first-order valence-corrected chi connectivity index (χ1v) is 12.2. The van der Waals surface area contributed by atoms with Crippen LogP contribution in [0.3, 0.4) is 0 Å². The lowest BCUT2D eigenvalue weighted by atomic mass is 10.1. The SMILES string of the molecule is CCCC.CP(=O)(O)O.CP(=O)(O)O.c1ccc(-c2ccccc2)cc1. The molecule has 2 aromatic carbocycles. The van der Waals surface area contributed by atoms with Crippen LogP contribution in [-0.2, 0) is 9.13 Å². The highest BCUT2D eigenvalue weighted by molar-refractivity contribution is 7.51. The van der Waals surface area contributed by atoms with E-state index in [1.54, 1.807) is 0 Å². The van der Waals surface area contributed by atoms with Crippen LogP contribution in [0.5, 0.6) is 0 Å². The summed E-state index contributed by atoms with van der Waals surface area (Å²) in [5.41, 5.74) is 2.55. The number of hydrogen-bond acceptors (Lipinski definition) is 2. The maximum absolute atomic E-state index is 9.33. The molecule has 2 aromatic rings. The number of hydrogen-bond donors (Lipinski definition) is 4. The van der Waals surface area contributed by atoms with Crippen LogP contribution in [0.4, 0.5) is 0 Å². The summed E-state index contributed by atoms with van der Waals surface area (Å²) in [6, 6.07) is 20.8. The molecule has 0 unspecified atom stereocenters. The van der Waals surface area contributed by atoms with Crippen LogP contribution in [0.2, 0.25) is 0 Å². The highest BCUT2D eigenvalue weighted by atomic mass is 31.2. The molecule has 0 bridgehead atoms. The topological polar surface area (TPSA) is 115 Å². The molecule has 0 fully saturated rings. The second kappa shape index (κ2) is 14.9. The zero-order valence-corrected chi connectivity index (χ0v) is 17.5. The molecule has 0 aliphatic carbocycles. The summed E-state index contributed by atoms with van der Waals surface area (Å²) in [4.78, 5) is 30.5. The largest absolute Gasteiger partial charge is 0.325 e. The van der Waals surface area contributed by atoms with Gasteiger partial charge in [-0.15, -0.1) is 0 Å². The maximum atomic E-state index is 9.33. The van der Waals surface area contributed by atoms with Gasteiger partial charge in [0.15, 0.2) is 0 Å². The first-order chi connectivity index (χ1) is 11.9. The van der Waals surface area contributed by atoms with Crippen molar-refractivity contribution in [3.05, 3.63) is 60.7 Å². The molecule has 0 atom stereocenters. The Balaban J connectivity index is 0. The quantitative estimate of drug-likeness (QED) is 0.537. The van der Waals surface area contributed by atoms with Gasteiger partial charge < -0.3 is 19.6 Å². The minimum Gasteiger partial charge on any atom is -0.325 e. The fraction of sp³-hybridized carbons (Fsp3) is 0.333. The van der Waals surface area contributed by atoms with Crippen LogP contribution < -0.4 is 0 Å². The molecule has 0 amide bonds. The molecule has 0 aliphatic rings. The molecule has 6 nitrogen and oxygen atoms in total. The predicted molar refractivity (Wildman–Crippen MR) is 108 cm³/mol. The van der Waals surface area contributed by atoms with Crippen LogP contribution in [0, 0.1) is 0 Å². The molecule has 4 N–H and O–H groups in total. The van der Waals surface area contributed by atoms with Gasteiger partial charge in [0.25, 0.3) is 0 Å². The van der Waals surface area contributed by atoms with Gasteiger partial charge in [-0.3, -0.25) is 9.13 Å². The van der Waals surface area contributed by atoms with Crippen molar-refractivity contribution in [2.24, 2.45) is 0 Å². The van der Waals surface area contributed by atoms with Gasteiger partial charge in [-0.1, -0.05) is 87.4 Å². The molecule has 0 spiro atoms. The van der Waals surface area contributed by atoms with E-state index in [9.17, 15) is 9.13 Å². The molecule has 0 radical (unpaired) electrons.